The molecule has 0 atom stereocenters. The zero-order valence-electron chi connectivity index (χ0n) is 9.57. The second-order valence-electron chi connectivity index (χ2n) is 3.68. The number of hydrogen-bond acceptors (Lipinski definition) is 2. The highest BCUT2D eigenvalue weighted by Crippen LogP contribution is 2.31. The van der Waals surface area contributed by atoms with Crippen molar-refractivity contribution >= 4 is 5.57 Å². The van der Waals surface area contributed by atoms with Crippen LogP contribution in [0, 0.1) is 5.92 Å². The summed E-state index contributed by atoms with van der Waals surface area (Å²) in [6, 6.07) is 3.95. The lowest BCUT2D eigenvalue weighted by Gasteiger charge is -2.12. The molecule has 2 heterocycles. The largest absolute Gasteiger partial charge is 0.472 e. The molecule has 0 aromatic carbocycles. The van der Waals surface area contributed by atoms with Gasteiger partial charge in [-0.1, -0.05) is 19.9 Å². The molecule has 83 valence electrons. The minimum absolute atomic E-state index is 0.996. The molecule has 0 saturated carbocycles. The summed E-state index contributed by atoms with van der Waals surface area (Å²) < 4.78 is 10.2. The van der Waals surface area contributed by atoms with Crippen molar-refractivity contribution < 1.29 is 8.83 Å². The van der Waals surface area contributed by atoms with Gasteiger partial charge in [-0.05, 0) is 24.1 Å². The predicted octanol–water partition coefficient (Wildman–Crippen LogP) is 4.31. The quantitative estimate of drug-likeness (QED) is 0.759. The minimum atomic E-state index is 0.996. The van der Waals surface area contributed by atoms with E-state index in [0.717, 1.165) is 17.5 Å². The Bertz CT molecular complexity index is 435. The molecular formula is C14H15O2. The number of rotatable bonds is 4. The maximum atomic E-state index is 5.13. The first kappa shape index (κ1) is 10.8. The Labute approximate surface area is 95.6 Å². The van der Waals surface area contributed by atoms with Crippen LogP contribution in [0.25, 0.3) is 5.57 Å². The summed E-state index contributed by atoms with van der Waals surface area (Å²) in [6.07, 6.45) is 10.1. The second-order valence-corrected chi connectivity index (χ2v) is 3.68. The zero-order chi connectivity index (χ0) is 11.4. The van der Waals surface area contributed by atoms with Crippen LogP contribution >= 0.6 is 0 Å². The zero-order valence-corrected chi connectivity index (χ0v) is 9.57. The topological polar surface area (TPSA) is 26.3 Å². The molecule has 0 saturated heterocycles. The Morgan fingerprint density at radius 3 is 2.25 bits per heavy atom. The molecular weight excluding hydrogens is 200 g/mol. The molecule has 0 N–H and O–H groups in total. The monoisotopic (exact) mass is 215 g/mol. The average molecular weight is 215 g/mol. The van der Waals surface area contributed by atoms with Crippen LogP contribution in [0.15, 0.2) is 52.1 Å². The summed E-state index contributed by atoms with van der Waals surface area (Å²) in [5.74, 6) is 1.21. The standard InChI is InChI=1S/C14H15O2/c1-3-4-14(13-6-8-16-10-13)11(2)12-5-7-15-9-12/h4-10H,3H2,1-2H3. The van der Waals surface area contributed by atoms with Crippen molar-refractivity contribution in [3.05, 3.63) is 60.3 Å². The van der Waals surface area contributed by atoms with Gasteiger partial charge in [0.1, 0.15) is 0 Å². The molecule has 0 aliphatic carbocycles. The van der Waals surface area contributed by atoms with Crippen molar-refractivity contribution in [1.82, 2.24) is 0 Å². The summed E-state index contributed by atoms with van der Waals surface area (Å²) in [7, 11) is 0. The van der Waals surface area contributed by atoms with E-state index < -0.39 is 0 Å². The Balaban J connectivity index is 2.31. The number of hydrogen-bond donors (Lipinski definition) is 0. The van der Waals surface area contributed by atoms with E-state index in [9.17, 15) is 0 Å². The molecule has 2 aromatic rings. The molecule has 2 aromatic heterocycles. The first-order chi connectivity index (χ1) is 7.83. The third kappa shape index (κ3) is 2.11. The third-order valence-corrected chi connectivity index (χ3v) is 2.60. The van der Waals surface area contributed by atoms with Crippen molar-refractivity contribution in [2.24, 2.45) is 0 Å². The maximum Gasteiger partial charge on any atom is 0.0977 e. The van der Waals surface area contributed by atoms with E-state index in [1.54, 1.807) is 25.1 Å². The Morgan fingerprint density at radius 1 is 1.12 bits per heavy atom. The van der Waals surface area contributed by atoms with E-state index >= 15 is 0 Å². The van der Waals surface area contributed by atoms with E-state index in [1.165, 1.54) is 11.5 Å². The van der Waals surface area contributed by atoms with E-state index in [0.29, 0.717) is 0 Å². The first-order valence-corrected chi connectivity index (χ1v) is 5.42. The van der Waals surface area contributed by atoms with Crippen molar-refractivity contribution in [3.8, 4) is 0 Å². The van der Waals surface area contributed by atoms with Crippen LogP contribution in [0.1, 0.15) is 31.4 Å². The van der Waals surface area contributed by atoms with E-state index in [2.05, 4.69) is 19.9 Å². The lowest BCUT2D eigenvalue weighted by Crippen LogP contribution is -1.96. The van der Waals surface area contributed by atoms with Crippen LogP contribution in [-0.4, -0.2) is 0 Å². The van der Waals surface area contributed by atoms with Crippen molar-refractivity contribution in [2.45, 2.75) is 20.3 Å². The molecule has 2 nitrogen and oxygen atoms in total. The summed E-state index contributed by atoms with van der Waals surface area (Å²) in [5.41, 5.74) is 3.43. The highest BCUT2D eigenvalue weighted by atomic mass is 16.3. The molecule has 0 spiro atoms. The van der Waals surface area contributed by atoms with Gasteiger partial charge in [-0.25, -0.2) is 0 Å². The number of furan rings is 2. The highest BCUT2D eigenvalue weighted by Gasteiger charge is 2.15. The summed E-state index contributed by atoms with van der Waals surface area (Å²) in [6.45, 7) is 4.22. The van der Waals surface area contributed by atoms with Crippen LogP contribution in [0.5, 0.6) is 0 Å². The van der Waals surface area contributed by atoms with Gasteiger partial charge >= 0.3 is 0 Å². The molecule has 0 fully saturated rings. The smallest absolute Gasteiger partial charge is 0.0977 e. The molecule has 0 amide bonds. The SMILES string of the molecule is CCC=C([C](C)c1ccoc1)c1ccoc1. The van der Waals surface area contributed by atoms with Gasteiger partial charge in [0.25, 0.3) is 0 Å². The third-order valence-electron chi connectivity index (χ3n) is 2.60. The van der Waals surface area contributed by atoms with Gasteiger partial charge in [0.2, 0.25) is 0 Å². The van der Waals surface area contributed by atoms with Gasteiger partial charge in [0.05, 0.1) is 25.1 Å². The van der Waals surface area contributed by atoms with Crippen molar-refractivity contribution in [3.63, 3.8) is 0 Å². The summed E-state index contributed by atoms with van der Waals surface area (Å²) in [4.78, 5) is 0. The van der Waals surface area contributed by atoms with Gasteiger partial charge in [-0.3, -0.25) is 0 Å². The summed E-state index contributed by atoms with van der Waals surface area (Å²) >= 11 is 0. The number of allylic oxidation sites excluding steroid dienone is 2. The fraction of sp³-hybridized carbons (Fsp3) is 0.214. The van der Waals surface area contributed by atoms with E-state index in [1.807, 2.05) is 12.1 Å². The molecule has 0 unspecified atom stereocenters. The molecule has 2 heteroatoms. The van der Waals surface area contributed by atoms with Crippen molar-refractivity contribution in [1.29, 1.82) is 0 Å². The highest BCUT2D eigenvalue weighted by molar-refractivity contribution is 5.79. The fourth-order valence-corrected chi connectivity index (χ4v) is 1.74. The Hall–Kier alpha value is -1.70. The molecule has 2 rings (SSSR count). The van der Waals surface area contributed by atoms with Crippen LogP contribution in [-0.2, 0) is 0 Å². The minimum Gasteiger partial charge on any atom is -0.472 e. The van der Waals surface area contributed by atoms with Gasteiger partial charge in [0.15, 0.2) is 0 Å². The summed E-state index contributed by atoms with van der Waals surface area (Å²) in [5, 5.41) is 0. The van der Waals surface area contributed by atoms with Crippen LogP contribution < -0.4 is 0 Å². The van der Waals surface area contributed by atoms with E-state index in [4.69, 9.17) is 8.83 Å². The van der Waals surface area contributed by atoms with Gasteiger partial charge in [0, 0.05) is 17.0 Å². The van der Waals surface area contributed by atoms with Crippen LogP contribution in [0.3, 0.4) is 0 Å². The normalized spacial score (nSPS) is 12.3. The average Bonchev–Trinajstić information content (AvgIpc) is 2.96. The van der Waals surface area contributed by atoms with Crippen LogP contribution in [0.4, 0.5) is 0 Å². The molecule has 1 radical (unpaired) electrons. The lowest BCUT2D eigenvalue weighted by molar-refractivity contribution is 0.565. The molecule has 16 heavy (non-hydrogen) atoms. The molecule has 0 aliphatic rings. The van der Waals surface area contributed by atoms with Gasteiger partial charge in [-0.15, -0.1) is 0 Å². The first-order valence-electron chi connectivity index (χ1n) is 5.42. The molecule has 0 bridgehead atoms. The second kappa shape index (κ2) is 4.88. The van der Waals surface area contributed by atoms with Crippen LogP contribution in [0.2, 0.25) is 0 Å². The van der Waals surface area contributed by atoms with Crippen molar-refractivity contribution in [2.75, 3.05) is 0 Å². The molecule has 0 aliphatic heterocycles. The van der Waals surface area contributed by atoms with E-state index in [-0.39, 0.29) is 0 Å². The lowest BCUT2D eigenvalue weighted by atomic mass is 9.90. The van der Waals surface area contributed by atoms with Gasteiger partial charge < -0.3 is 8.83 Å². The predicted molar refractivity (Wildman–Crippen MR) is 63.7 cm³/mol. The maximum absolute atomic E-state index is 5.13. The van der Waals surface area contributed by atoms with Gasteiger partial charge in [-0.2, -0.15) is 0 Å². The Morgan fingerprint density at radius 2 is 1.75 bits per heavy atom. The Kier molecular flexibility index (Phi) is 3.30. The fourth-order valence-electron chi connectivity index (χ4n) is 1.74.